The maximum Gasteiger partial charge on any atom is 0.490 e. The van der Waals surface area contributed by atoms with Crippen molar-refractivity contribution in [2.24, 2.45) is 5.92 Å². The number of hydrogen-bond donors (Lipinski definition) is 1. The van der Waals surface area contributed by atoms with Gasteiger partial charge in [0.05, 0.1) is 6.10 Å². The number of aliphatic carboxylic acids is 1. The summed E-state index contributed by atoms with van der Waals surface area (Å²) in [5.74, 6) is -0.803. The molecule has 2 aliphatic heterocycles. The lowest BCUT2D eigenvalue weighted by atomic mass is 9.91. The zero-order valence-corrected chi connectivity index (χ0v) is 15.9. The van der Waals surface area contributed by atoms with Crippen LogP contribution < -0.4 is 0 Å². The van der Waals surface area contributed by atoms with Crippen molar-refractivity contribution in [1.82, 2.24) is 15.0 Å². The van der Waals surface area contributed by atoms with E-state index in [0.29, 0.717) is 23.7 Å². The van der Waals surface area contributed by atoms with E-state index in [1.807, 2.05) is 6.92 Å². The quantitative estimate of drug-likeness (QED) is 0.815. The number of fused-ring (bicyclic) bond motifs is 1. The minimum Gasteiger partial charge on any atom is -0.475 e. The van der Waals surface area contributed by atoms with Crippen LogP contribution in [0.15, 0.2) is 21.3 Å². The van der Waals surface area contributed by atoms with Gasteiger partial charge in [0, 0.05) is 13.1 Å². The van der Waals surface area contributed by atoms with Crippen LogP contribution in [-0.2, 0) is 16.1 Å². The second kappa shape index (κ2) is 8.58. The van der Waals surface area contributed by atoms with Crippen LogP contribution in [0.3, 0.4) is 0 Å². The fourth-order valence-corrected chi connectivity index (χ4v) is 4.04. The van der Waals surface area contributed by atoms with E-state index in [1.54, 1.807) is 11.3 Å². The molecule has 0 radical (unpaired) electrons. The molecule has 0 unspecified atom stereocenters. The summed E-state index contributed by atoms with van der Waals surface area (Å²) >= 11 is 1.76. The SMILES string of the molecule is Cc1noc([C@H]2C[C@@H]3CCN(Cc4ccsc4)C[C@H]3O2)n1.O=C(O)C(F)(F)F. The van der Waals surface area contributed by atoms with Crippen molar-refractivity contribution >= 4 is 17.3 Å². The van der Waals surface area contributed by atoms with E-state index in [0.717, 1.165) is 26.1 Å². The maximum absolute atomic E-state index is 10.6. The number of alkyl halides is 3. The molecule has 0 aromatic carbocycles. The van der Waals surface area contributed by atoms with Crippen LogP contribution in [0.25, 0.3) is 0 Å². The number of hydrogen-bond acceptors (Lipinski definition) is 7. The number of nitrogens with zero attached hydrogens (tertiary/aromatic N) is 3. The van der Waals surface area contributed by atoms with Gasteiger partial charge in [0.1, 0.15) is 6.10 Å². The lowest BCUT2D eigenvalue weighted by Crippen LogP contribution is -2.41. The smallest absolute Gasteiger partial charge is 0.475 e. The van der Waals surface area contributed by atoms with E-state index < -0.39 is 12.1 Å². The molecule has 1 N–H and O–H groups in total. The Balaban J connectivity index is 0.000000279. The van der Waals surface area contributed by atoms with Crippen molar-refractivity contribution < 1.29 is 32.3 Å². The van der Waals surface area contributed by atoms with Gasteiger partial charge in [0.25, 0.3) is 5.89 Å². The van der Waals surface area contributed by atoms with Crippen molar-refractivity contribution in [3.05, 3.63) is 34.1 Å². The average Bonchev–Trinajstić information content (AvgIpc) is 3.34. The Labute approximate surface area is 163 Å². The molecular formula is C17H20F3N3O4S. The summed E-state index contributed by atoms with van der Waals surface area (Å²) in [6.45, 7) is 5.03. The lowest BCUT2D eigenvalue weighted by molar-refractivity contribution is -0.192. The van der Waals surface area contributed by atoms with E-state index in [1.165, 1.54) is 12.0 Å². The molecule has 2 aliphatic rings. The van der Waals surface area contributed by atoms with Crippen LogP contribution >= 0.6 is 11.3 Å². The summed E-state index contributed by atoms with van der Waals surface area (Å²) in [7, 11) is 0. The highest BCUT2D eigenvalue weighted by molar-refractivity contribution is 7.07. The molecule has 0 aliphatic carbocycles. The number of halogens is 3. The molecule has 2 aromatic heterocycles. The third-order valence-electron chi connectivity index (χ3n) is 4.68. The van der Waals surface area contributed by atoms with Gasteiger partial charge in [-0.05, 0) is 54.6 Å². The van der Waals surface area contributed by atoms with Crippen molar-refractivity contribution in [1.29, 1.82) is 0 Å². The van der Waals surface area contributed by atoms with Crippen LogP contribution in [0.2, 0.25) is 0 Å². The normalized spacial score (nSPS) is 25.1. The second-order valence-corrected chi connectivity index (χ2v) is 7.58. The van der Waals surface area contributed by atoms with Gasteiger partial charge in [-0.25, -0.2) is 4.79 Å². The number of carboxylic acid groups (broad SMARTS) is 1. The first-order chi connectivity index (χ1) is 13.2. The highest BCUT2D eigenvalue weighted by Crippen LogP contribution is 2.40. The number of ether oxygens (including phenoxy) is 1. The second-order valence-electron chi connectivity index (χ2n) is 6.80. The first kappa shape index (κ1) is 20.7. The highest BCUT2D eigenvalue weighted by Gasteiger charge is 2.41. The Morgan fingerprint density at radius 3 is 2.79 bits per heavy atom. The summed E-state index contributed by atoms with van der Waals surface area (Å²) in [4.78, 5) is 15.7. The van der Waals surface area contributed by atoms with Gasteiger partial charge < -0.3 is 14.4 Å². The first-order valence-corrected chi connectivity index (χ1v) is 9.66. The molecule has 0 spiro atoms. The van der Waals surface area contributed by atoms with Crippen LogP contribution in [-0.4, -0.2) is 51.5 Å². The van der Waals surface area contributed by atoms with Gasteiger partial charge in [-0.1, -0.05) is 5.16 Å². The van der Waals surface area contributed by atoms with Crippen molar-refractivity contribution in [3.63, 3.8) is 0 Å². The van der Waals surface area contributed by atoms with E-state index in [2.05, 4.69) is 31.9 Å². The Morgan fingerprint density at radius 1 is 1.46 bits per heavy atom. The van der Waals surface area contributed by atoms with Gasteiger partial charge in [-0.15, -0.1) is 0 Å². The Morgan fingerprint density at radius 2 is 2.21 bits per heavy atom. The molecule has 11 heteroatoms. The average molecular weight is 419 g/mol. The Bertz CT molecular complexity index is 781. The predicted octanol–water partition coefficient (Wildman–Crippen LogP) is 3.42. The van der Waals surface area contributed by atoms with E-state index >= 15 is 0 Å². The maximum atomic E-state index is 10.6. The Kier molecular flexibility index (Phi) is 6.36. The number of rotatable bonds is 3. The molecule has 4 rings (SSSR count). The molecule has 7 nitrogen and oxygen atoms in total. The monoisotopic (exact) mass is 419 g/mol. The van der Waals surface area contributed by atoms with Gasteiger partial charge in [0.15, 0.2) is 5.82 Å². The topological polar surface area (TPSA) is 88.7 Å². The molecule has 28 heavy (non-hydrogen) atoms. The fourth-order valence-electron chi connectivity index (χ4n) is 3.38. The number of carboxylic acids is 1. The summed E-state index contributed by atoms with van der Waals surface area (Å²) in [6.07, 6.45) is -2.59. The summed E-state index contributed by atoms with van der Waals surface area (Å²) in [5, 5.41) is 15.4. The van der Waals surface area contributed by atoms with E-state index in [-0.39, 0.29) is 6.10 Å². The van der Waals surface area contributed by atoms with Gasteiger partial charge in [-0.2, -0.15) is 29.5 Å². The molecule has 0 amide bonds. The molecule has 4 heterocycles. The van der Waals surface area contributed by atoms with Crippen LogP contribution in [0, 0.1) is 12.8 Å². The van der Waals surface area contributed by atoms with Crippen molar-refractivity contribution in [2.45, 2.75) is 44.7 Å². The molecule has 2 aromatic rings. The molecule has 0 saturated carbocycles. The van der Waals surface area contributed by atoms with Crippen LogP contribution in [0.1, 0.15) is 36.2 Å². The molecule has 154 valence electrons. The molecule has 2 fully saturated rings. The van der Waals surface area contributed by atoms with Gasteiger partial charge in [-0.3, -0.25) is 4.90 Å². The number of thiophene rings is 1. The number of aromatic nitrogens is 2. The molecular weight excluding hydrogens is 399 g/mol. The number of aryl methyl sites for hydroxylation is 1. The minimum atomic E-state index is -5.08. The molecule has 0 bridgehead atoms. The third-order valence-corrected chi connectivity index (χ3v) is 5.42. The zero-order chi connectivity index (χ0) is 20.3. The largest absolute Gasteiger partial charge is 0.490 e. The minimum absolute atomic E-state index is 0.0118. The highest BCUT2D eigenvalue weighted by atomic mass is 32.1. The predicted molar refractivity (Wildman–Crippen MR) is 92.7 cm³/mol. The van der Waals surface area contributed by atoms with Crippen LogP contribution in [0.4, 0.5) is 13.2 Å². The van der Waals surface area contributed by atoms with Crippen LogP contribution in [0.5, 0.6) is 0 Å². The molecule has 2 saturated heterocycles. The van der Waals surface area contributed by atoms with Gasteiger partial charge in [0.2, 0.25) is 0 Å². The van der Waals surface area contributed by atoms with E-state index in [9.17, 15) is 13.2 Å². The zero-order valence-electron chi connectivity index (χ0n) is 15.1. The summed E-state index contributed by atoms with van der Waals surface area (Å²) < 4.78 is 43.2. The van der Waals surface area contributed by atoms with Gasteiger partial charge >= 0.3 is 12.1 Å². The first-order valence-electron chi connectivity index (χ1n) is 8.71. The van der Waals surface area contributed by atoms with Crippen molar-refractivity contribution in [3.8, 4) is 0 Å². The standard InChI is InChI=1S/C15H19N3O2S.C2HF3O2/c1-10-16-15(20-17-10)13-6-12-2-4-18(8-14(12)19-13)7-11-3-5-21-9-11;3-2(4,5)1(6)7/h3,5,9,12-14H,2,4,6-8H2,1H3;(H,6,7)/t12-,13+,14+;/m0./s1. The summed E-state index contributed by atoms with van der Waals surface area (Å²) in [5.41, 5.74) is 1.40. The number of carbonyl (C=O) groups is 1. The molecule has 3 atom stereocenters. The summed E-state index contributed by atoms with van der Waals surface area (Å²) in [6, 6.07) is 2.20. The third kappa shape index (κ3) is 5.30. The lowest BCUT2D eigenvalue weighted by Gasteiger charge is -2.33. The van der Waals surface area contributed by atoms with E-state index in [4.69, 9.17) is 19.2 Å². The van der Waals surface area contributed by atoms with Crippen molar-refractivity contribution in [2.75, 3.05) is 13.1 Å². The Hall–Kier alpha value is -1.98. The number of likely N-dealkylation sites (tertiary alicyclic amines) is 1. The number of piperidine rings is 1. The fraction of sp³-hybridized carbons (Fsp3) is 0.588.